The molecule has 0 spiro atoms. The fourth-order valence-electron chi connectivity index (χ4n) is 2.74. The first kappa shape index (κ1) is 13.0. The number of esters is 1. The third-order valence-corrected chi connectivity index (χ3v) is 3.71. The number of nitrogens with zero attached hydrogens (tertiary/aromatic N) is 2. The van der Waals surface area contributed by atoms with Crippen molar-refractivity contribution in [1.82, 2.24) is 9.97 Å². The smallest absolute Gasteiger partial charge is 0.328 e. The molecule has 1 aliphatic rings. The molecular formula is C15H19N3O2. The van der Waals surface area contributed by atoms with Gasteiger partial charge in [0.05, 0.1) is 17.6 Å². The third-order valence-electron chi connectivity index (χ3n) is 3.71. The van der Waals surface area contributed by atoms with Crippen molar-refractivity contribution in [2.24, 2.45) is 0 Å². The van der Waals surface area contributed by atoms with Gasteiger partial charge in [-0.3, -0.25) is 0 Å². The summed E-state index contributed by atoms with van der Waals surface area (Å²) in [7, 11) is 0. The van der Waals surface area contributed by atoms with Crippen molar-refractivity contribution in [3.8, 4) is 0 Å². The predicted molar refractivity (Wildman–Crippen MR) is 77.7 cm³/mol. The number of nitrogens with one attached hydrogen (secondary N) is 1. The van der Waals surface area contributed by atoms with Crippen LogP contribution in [-0.2, 0) is 9.53 Å². The molecular weight excluding hydrogens is 254 g/mol. The number of benzene rings is 1. The molecule has 1 saturated heterocycles. The van der Waals surface area contributed by atoms with E-state index in [1.54, 1.807) is 0 Å². The molecule has 1 fully saturated rings. The number of hydrogen-bond donors (Lipinski definition) is 1. The monoisotopic (exact) mass is 273 g/mol. The number of piperidine rings is 1. The van der Waals surface area contributed by atoms with E-state index in [0.717, 1.165) is 42.8 Å². The first-order valence-electron chi connectivity index (χ1n) is 7.17. The molecule has 1 atom stereocenters. The third kappa shape index (κ3) is 2.35. The summed E-state index contributed by atoms with van der Waals surface area (Å²) >= 11 is 0. The molecule has 2 aromatic rings. The van der Waals surface area contributed by atoms with Crippen LogP contribution in [0.3, 0.4) is 0 Å². The zero-order chi connectivity index (χ0) is 13.9. The van der Waals surface area contributed by atoms with E-state index < -0.39 is 0 Å². The van der Waals surface area contributed by atoms with Gasteiger partial charge in [-0.25, -0.2) is 9.78 Å². The Labute approximate surface area is 117 Å². The lowest BCUT2D eigenvalue weighted by Gasteiger charge is -2.33. The van der Waals surface area contributed by atoms with Crippen molar-refractivity contribution in [2.75, 3.05) is 18.1 Å². The molecule has 1 aromatic heterocycles. The summed E-state index contributed by atoms with van der Waals surface area (Å²) in [5.74, 6) is 0.622. The average Bonchev–Trinajstić information content (AvgIpc) is 2.91. The van der Waals surface area contributed by atoms with Crippen molar-refractivity contribution in [1.29, 1.82) is 0 Å². The standard InChI is InChI=1S/C15H19N3O2/c1-2-20-14(19)13-9-5-6-10-18(13)15-16-11-7-3-4-8-12(11)17-15/h3-4,7-8,13H,2,5-6,9-10H2,1H3,(H,16,17). The first-order valence-corrected chi connectivity index (χ1v) is 7.17. The van der Waals surface area contributed by atoms with E-state index in [0.29, 0.717) is 6.61 Å². The number of para-hydroxylation sites is 2. The summed E-state index contributed by atoms with van der Waals surface area (Å²) in [4.78, 5) is 22.0. The molecule has 3 rings (SSSR count). The Morgan fingerprint density at radius 2 is 2.30 bits per heavy atom. The SMILES string of the molecule is CCOC(=O)C1CCCCN1c1nc2ccccc2[nH]1. The van der Waals surface area contributed by atoms with Crippen LogP contribution in [0.5, 0.6) is 0 Å². The molecule has 5 heteroatoms. The molecule has 106 valence electrons. The van der Waals surface area contributed by atoms with E-state index >= 15 is 0 Å². The van der Waals surface area contributed by atoms with Gasteiger partial charge in [-0.05, 0) is 38.3 Å². The number of imidazole rings is 1. The summed E-state index contributed by atoms with van der Waals surface area (Å²) in [6, 6.07) is 7.69. The second kappa shape index (κ2) is 5.53. The van der Waals surface area contributed by atoms with E-state index in [9.17, 15) is 4.79 Å². The quantitative estimate of drug-likeness (QED) is 0.873. The van der Waals surface area contributed by atoms with Gasteiger partial charge >= 0.3 is 5.97 Å². The zero-order valence-corrected chi connectivity index (χ0v) is 11.6. The van der Waals surface area contributed by atoms with Crippen LogP contribution < -0.4 is 4.90 Å². The average molecular weight is 273 g/mol. The Bertz CT molecular complexity index is 575. The molecule has 1 unspecified atom stereocenters. The van der Waals surface area contributed by atoms with E-state index in [-0.39, 0.29) is 12.0 Å². The van der Waals surface area contributed by atoms with Gasteiger partial charge in [0.15, 0.2) is 0 Å². The van der Waals surface area contributed by atoms with Crippen LogP contribution in [0.25, 0.3) is 11.0 Å². The van der Waals surface area contributed by atoms with Gasteiger partial charge in [-0.2, -0.15) is 0 Å². The number of ether oxygens (including phenoxy) is 1. The minimum absolute atomic E-state index is 0.146. The Balaban J connectivity index is 1.90. The fourth-order valence-corrected chi connectivity index (χ4v) is 2.74. The predicted octanol–water partition coefficient (Wildman–Crippen LogP) is 2.48. The van der Waals surface area contributed by atoms with Crippen LogP contribution in [0.15, 0.2) is 24.3 Å². The van der Waals surface area contributed by atoms with Crippen molar-refractivity contribution in [3.63, 3.8) is 0 Å². The molecule has 2 heterocycles. The van der Waals surface area contributed by atoms with Gasteiger partial charge in [0.25, 0.3) is 0 Å². The highest BCUT2D eigenvalue weighted by Gasteiger charge is 2.31. The number of hydrogen-bond acceptors (Lipinski definition) is 4. The number of H-pyrrole nitrogens is 1. The van der Waals surface area contributed by atoms with Gasteiger partial charge in [0.2, 0.25) is 5.95 Å². The maximum Gasteiger partial charge on any atom is 0.328 e. The van der Waals surface area contributed by atoms with Gasteiger partial charge in [0, 0.05) is 6.54 Å². The van der Waals surface area contributed by atoms with Gasteiger partial charge in [0.1, 0.15) is 6.04 Å². The second-order valence-corrected chi connectivity index (χ2v) is 5.03. The van der Waals surface area contributed by atoms with E-state index in [2.05, 4.69) is 9.97 Å². The molecule has 5 nitrogen and oxygen atoms in total. The molecule has 0 radical (unpaired) electrons. The number of aromatic nitrogens is 2. The van der Waals surface area contributed by atoms with E-state index in [1.165, 1.54) is 0 Å². The number of carbonyl (C=O) groups is 1. The summed E-state index contributed by atoms with van der Waals surface area (Å²) < 4.78 is 5.18. The van der Waals surface area contributed by atoms with Crippen LogP contribution in [0, 0.1) is 0 Å². The van der Waals surface area contributed by atoms with Crippen LogP contribution in [-0.4, -0.2) is 35.1 Å². The summed E-state index contributed by atoms with van der Waals surface area (Å²) in [5, 5.41) is 0. The summed E-state index contributed by atoms with van der Waals surface area (Å²) in [5.41, 5.74) is 1.92. The van der Waals surface area contributed by atoms with Crippen molar-refractivity contribution >= 4 is 23.0 Å². The molecule has 1 N–H and O–H groups in total. The molecule has 1 aliphatic heterocycles. The second-order valence-electron chi connectivity index (χ2n) is 5.03. The van der Waals surface area contributed by atoms with Crippen LogP contribution >= 0.6 is 0 Å². The van der Waals surface area contributed by atoms with Crippen LogP contribution in [0.1, 0.15) is 26.2 Å². The highest BCUT2D eigenvalue weighted by Crippen LogP contribution is 2.25. The van der Waals surface area contributed by atoms with Crippen molar-refractivity contribution in [2.45, 2.75) is 32.2 Å². The Hall–Kier alpha value is -2.04. The van der Waals surface area contributed by atoms with Crippen molar-refractivity contribution in [3.05, 3.63) is 24.3 Å². The van der Waals surface area contributed by atoms with Gasteiger partial charge in [-0.15, -0.1) is 0 Å². The van der Waals surface area contributed by atoms with Crippen LogP contribution in [0.2, 0.25) is 0 Å². The van der Waals surface area contributed by atoms with Crippen LogP contribution in [0.4, 0.5) is 5.95 Å². The Morgan fingerprint density at radius 3 is 3.10 bits per heavy atom. The van der Waals surface area contributed by atoms with E-state index in [1.807, 2.05) is 36.1 Å². The topological polar surface area (TPSA) is 58.2 Å². The molecule has 0 saturated carbocycles. The number of aromatic amines is 1. The number of rotatable bonds is 3. The number of fused-ring (bicyclic) bond motifs is 1. The van der Waals surface area contributed by atoms with Crippen molar-refractivity contribution < 1.29 is 9.53 Å². The maximum absolute atomic E-state index is 12.1. The lowest BCUT2D eigenvalue weighted by Crippen LogP contribution is -2.46. The highest BCUT2D eigenvalue weighted by atomic mass is 16.5. The van der Waals surface area contributed by atoms with Gasteiger partial charge in [-0.1, -0.05) is 12.1 Å². The molecule has 0 bridgehead atoms. The highest BCUT2D eigenvalue weighted by molar-refractivity contribution is 5.82. The Morgan fingerprint density at radius 1 is 1.45 bits per heavy atom. The molecule has 0 aliphatic carbocycles. The molecule has 1 aromatic carbocycles. The normalized spacial score (nSPS) is 19.2. The summed E-state index contributed by atoms with van der Waals surface area (Å²) in [6.45, 7) is 3.10. The van der Waals surface area contributed by atoms with Gasteiger partial charge < -0.3 is 14.6 Å². The molecule has 20 heavy (non-hydrogen) atoms. The largest absolute Gasteiger partial charge is 0.464 e. The molecule has 0 amide bonds. The Kier molecular flexibility index (Phi) is 3.58. The first-order chi connectivity index (χ1) is 9.79. The number of carbonyl (C=O) groups excluding carboxylic acids is 1. The zero-order valence-electron chi connectivity index (χ0n) is 11.6. The minimum Gasteiger partial charge on any atom is -0.464 e. The lowest BCUT2D eigenvalue weighted by molar-refractivity contribution is -0.145. The number of anilines is 1. The van der Waals surface area contributed by atoms with E-state index in [4.69, 9.17) is 4.74 Å². The lowest BCUT2D eigenvalue weighted by atomic mass is 10.0. The maximum atomic E-state index is 12.1. The fraction of sp³-hybridized carbons (Fsp3) is 0.467. The minimum atomic E-state index is -0.218. The summed E-state index contributed by atoms with van der Waals surface area (Å²) in [6.07, 6.45) is 2.96.